The van der Waals surface area contributed by atoms with Crippen LogP contribution in [0.3, 0.4) is 0 Å². The molecule has 0 atom stereocenters. The van der Waals surface area contributed by atoms with Gasteiger partial charge in [0, 0.05) is 12.5 Å². The van der Waals surface area contributed by atoms with Crippen LogP contribution in [0.4, 0.5) is 8.78 Å². The molecule has 0 aromatic carbocycles. The van der Waals surface area contributed by atoms with Gasteiger partial charge in [-0.25, -0.2) is 18.4 Å². The van der Waals surface area contributed by atoms with E-state index in [0.717, 1.165) is 0 Å². The van der Waals surface area contributed by atoms with Gasteiger partial charge in [0.05, 0.1) is 0 Å². The van der Waals surface area contributed by atoms with Gasteiger partial charge >= 0.3 is 11.9 Å². The summed E-state index contributed by atoms with van der Waals surface area (Å²) in [5.74, 6) is -4.94. The second-order valence-electron chi connectivity index (χ2n) is 4.33. The van der Waals surface area contributed by atoms with Gasteiger partial charge in [-0.3, -0.25) is 0 Å². The van der Waals surface area contributed by atoms with Crippen LogP contribution in [-0.4, -0.2) is 30.1 Å². The molecule has 0 aliphatic heterocycles. The normalized spacial score (nSPS) is 11.9. The quantitative estimate of drug-likeness (QED) is 0.553. The Kier molecular flexibility index (Phi) is 4.80. The Bertz CT molecular complexity index is 329. The van der Waals surface area contributed by atoms with Crippen molar-refractivity contribution in [2.24, 2.45) is 0 Å². The summed E-state index contributed by atoms with van der Waals surface area (Å²) in [5.41, 5.74) is -1.52. The topological polar surface area (TPSA) is 52.6 Å². The maximum absolute atomic E-state index is 12.5. The van der Waals surface area contributed by atoms with Crippen molar-refractivity contribution < 1.29 is 27.8 Å². The number of carbonyl (C=O) groups excluding carboxylic acids is 2. The number of alkyl halides is 2. The van der Waals surface area contributed by atoms with Crippen molar-refractivity contribution in [3.8, 4) is 0 Å². The lowest BCUT2D eigenvalue weighted by Crippen LogP contribution is -2.40. The van der Waals surface area contributed by atoms with Crippen LogP contribution in [0.2, 0.25) is 0 Å². The Morgan fingerprint density at radius 3 is 2.06 bits per heavy atom. The van der Waals surface area contributed by atoms with E-state index in [9.17, 15) is 18.4 Å². The first kappa shape index (κ1) is 15.5. The molecule has 0 saturated heterocycles. The molecule has 0 aliphatic rings. The minimum Gasteiger partial charge on any atom is -0.456 e. The zero-order valence-electron chi connectivity index (χ0n) is 10.3. The van der Waals surface area contributed by atoms with Crippen LogP contribution in [0.1, 0.15) is 27.7 Å². The predicted molar refractivity (Wildman–Crippen MR) is 56.6 cm³/mol. The Hall–Kier alpha value is -1.46. The lowest BCUT2D eigenvalue weighted by atomic mass is 10.1. The minimum atomic E-state index is -3.12. The van der Waals surface area contributed by atoms with Crippen LogP contribution in [0.15, 0.2) is 12.2 Å². The second-order valence-corrected chi connectivity index (χ2v) is 4.33. The van der Waals surface area contributed by atoms with Gasteiger partial charge < -0.3 is 9.47 Å². The molecule has 0 aromatic heterocycles. The highest BCUT2D eigenvalue weighted by Crippen LogP contribution is 2.17. The van der Waals surface area contributed by atoms with Crippen LogP contribution in [0.5, 0.6) is 0 Å². The molecule has 98 valence electrons. The number of esters is 2. The highest BCUT2D eigenvalue weighted by molar-refractivity contribution is 5.90. The van der Waals surface area contributed by atoms with Gasteiger partial charge in [-0.15, -0.1) is 0 Å². The van der Waals surface area contributed by atoms with Crippen LogP contribution < -0.4 is 0 Å². The molecule has 0 aromatic rings. The molecule has 0 unspecified atom stereocenters. The van der Waals surface area contributed by atoms with E-state index in [1.807, 2.05) is 0 Å². The number of rotatable bonds is 5. The molecule has 0 radical (unpaired) electrons. The molecule has 0 rings (SSSR count). The summed E-state index contributed by atoms with van der Waals surface area (Å²) >= 11 is 0. The van der Waals surface area contributed by atoms with Gasteiger partial charge in [0.1, 0.15) is 0 Å². The van der Waals surface area contributed by atoms with Gasteiger partial charge in [-0.2, -0.15) is 0 Å². The molecule has 0 saturated carbocycles. The molecule has 4 nitrogen and oxygen atoms in total. The lowest BCUT2D eigenvalue weighted by molar-refractivity contribution is -0.182. The molecule has 0 fully saturated rings. The fourth-order valence-corrected chi connectivity index (χ4v) is 0.727. The third kappa shape index (κ3) is 5.99. The Balaban J connectivity index is 4.45. The van der Waals surface area contributed by atoms with Crippen molar-refractivity contribution in [1.29, 1.82) is 0 Å². The average molecular weight is 250 g/mol. The number of hydrogen-bond donors (Lipinski definition) is 0. The first-order chi connectivity index (χ1) is 7.46. The van der Waals surface area contributed by atoms with E-state index in [-0.39, 0.29) is 5.57 Å². The maximum atomic E-state index is 12.5. The summed E-state index contributed by atoms with van der Waals surface area (Å²) in [5, 5.41) is 0. The van der Waals surface area contributed by atoms with Crippen molar-refractivity contribution in [3.05, 3.63) is 12.2 Å². The van der Waals surface area contributed by atoms with Gasteiger partial charge in [-0.05, 0) is 20.8 Å². The molecule has 0 aliphatic carbocycles. The molecular formula is C11H16F2O4. The summed E-state index contributed by atoms with van der Waals surface area (Å²) in [7, 11) is 0. The van der Waals surface area contributed by atoms with Crippen molar-refractivity contribution in [2.45, 2.75) is 39.2 Å². The highest BCUT2D eigenvalue weighted by atomic mass is 19.3. The van der Waals surface area contributed by atoms with E-state index in [1.54, 1.807) is 0 Å². The third-order valence-corrected chi connectivity index (χ3v) is 1.64. The van der Waals surface area contributed by atoms with E-state index in [0.29, 0.717) is 6.92 Å². The van der Waals surface area contributed by atoms with Crippen LogP contribution in [0.25, 0.3) is 0 Å². The van der Waals surface area contributed by atoms with Gasteiger partial charge in [0.2, 0.25) is 5.60 Å². The smallest absolute Gasteiger partial charge is 0.350 e. The van der Waals surface area contributed by atoms with Crippen LogP contribution in [0, 0.1) is 0 Å². The first-order valence-electron chi connectivity index (χ1n) is 4.89. The summed E-state index contributed by atoms with van der Waals surface area (Å²) in [6, 6.07) is 0. The summed E-state index contributed by atoms with van der Waals surface area (Å²) in [6.45, 7) is 6.81. The number of carbonyl (C=O) groups is 2. The standard InChI is InChI=1S/C11H16F2O4/c1-7(2)8(14)17-10(3,4)9(15)16-6-11(5,12)13/h1,6H2,2-5H3. The van der Waals surface area contributed by atoms with E-state index >= 15 is 0 Å². The van der Waals surface area contributed by atoms with Gasteiger partial charge in [0.15, 0.2) is 6.61 Å². The number of hydrogen-bond acceptors (Lipinski definition) is 4. The van der Waals surface area contributed by atoms with Crippen molar-refractivity contribution in [1.82, 2.24) is 0 Å². The first-order valence-corrected chi connectivity index (χ1v) is 4.89. The predicted octanol–water partition coefficient (Wildman–Crippen LogP) is 2.08. The van der Waals surface area contributed by atoms with Gasteiger partial charge in [-0.1, -0.05) is 6.58 Å². The molecule has 0 bridgehead atoms. The van der Waals surface area contributed by atoms with Gasteiger partial charge in [0.25, 0.3) is 5.92 Å². The molecule has 0 N–H and O–H groups in total. The van der Waals surface area contributed by atoms with Crippen molar-refractivity contribution in [3.63, 3.8) is 0 Å². The Morgan fingerprint density at radius 2 is 1.71 bits per heavy atom. The molecule has 17 heavy (non-hydrogen) atoms. The Labute approximate surface area is 98.6 Å². The van der Waals surface area contributed by atoms with E-state index < -0.39 is 30.1 Å². The fourth-order valence-electron chi connectivity index (χ4n) is 0.727. The maximum Gasteiger partial charge on any atom is 0.350 e. The minimum absolute atomic E-state index is 0.103. The zero-order valence-corrected chi connectivity index (χ0v) is 10.3. The van der Waals surface area contributed by atoms with Crippen molar-refractivity contribution in [2.75, 3.05) is 6.61 Å². The molecule has 0 heterocycles. The fraction of sp³-hybridized carbons (Fsp3) is 0.636. The Morgan fingerprint density at radius 1 is 1.24 bits per heavy atom. The monoisotopic (exact) mass is 250 g/mol. The molecular weight excluding hydrogens is 234 g/mol. The lowest BCUT2D eigenvalue weighted by Gasteiger charge is -2.23. The number of ether oxygens (including phenoxy) is 2. The van der Waals surface area contributed by atoms with E-state index in [1.165, 1.54) is 20.8 Å². The summed E-state index contributed by atoms with van der Waals surface area (Å²) in [6.07, 6.45) is 0. The SMILES string of the molecule is C=C(C)C(=O)OC(C)(C)C(=O)OCC(C)(F)F. The zero-order chi connectivity index (χ0) is 13.9. The summed E-state index contributed by atoms with van der Waals surface area (Å²) < 4.78 is 34.0. The van der Waals surface area contributed by atoms with E-state index in [2.05, 4.69) is 11.3 Å². The summed E-state index contributed by atoms with van der Waals surface area (Å²) in [4.78, 5) is 22.6. The molecule has 0 amide bonds. The molecule has 0 spiro atoms. The highest BCUT2D eigenvalue weighted by Gasteiger charge is 2.36. The average Bonchev–Trinajstić information content (AvgIpc) is 2.11. The third-order valence-electron chi connectivity index (χ3n) is 1.64. The van der Waals surface area contributed by atoms with E-state index in [4.69, 9.17) is 4.74 Å². The van der Waals surface area contributed by atoms with Crippen molar-refractivity contribution >= 4 is 11.9 Å². The largest absolute Gasteiger partial charge is 0.456 e. The number of halogens is 2. The van der Waals surface area contributed by atoms with Crippen LogP contribution >= 0.6 is 0 Å². The second kappa shape index (κ2) is 5.25. The van der Waals surface area contributed by atoms with Crippen LogP contribution in [-0.2, 0) is 19.1 Å². The molecule has 6 heteroatoms.